The van der Waals surface area contributed by atoms with E-state index in [2.05, 4.69) is 0 Å². The van der Waals surface area contributed by atoms with Crippen molar-refractivity contribution in [3.8, 4) is 0 Å². The van der Waals surface area contributed by atoms with Crippen LogP contribution in [0.3, 0.4) is 0 Å². The molecule has 2 aromatic rings. The molecule has 0 saturated carbocycles. The van der Waals surface area contributed by atoms with Crippen molar-refractivity contribution in [2.75, 3.05) is 13.1 Å². The molecule has 1 aliphatic rings. The second-order valence-electron chi connectivity index (χ2n) is 6.53. The molecule has 1 aliphatic heterocycles. The lowest BCUT2D eigenvalue weighted by Crippen LogP contribution is -2.32. The number of benzene rings is 2. The van der Waals surface area contributed by atoms with Crippen LogP contribution in [-0.4, -0.2) is 37.6 Å². The molecule has 1 amide bonds. The highest BCUT2D eigenvalue weighted by Gasteiger charge is 2.35. The third-order valence-corrected chi connectivity index (χ3v) is 7.07. The van der Waals surface area contributed by atoms with Crippen molar-refractivity contribution < 1.29 is 13.2 Å². The molecule has 132 valence electrons. The number of sulfone groups is 1. The SMILES string of the molecule is Cc1ccccc1CCC(=O)N1CCC(S(=O)(=O)c2ccccc2)C1. The molecule has 1 saturated heterocycles. The van der Waals surface area contributed by atoms with Crippen molar-refractivity contribution >= 4 is 15.7 Å². The monoisotopic (exact) mass is 357 g/mol. The molecule has 2 aromatic carbocycles. The minimum atomic E-state index is -3.37. The Morgan fingerprint density at radius 2 is 1.76 bits per heavy atom. The fourth-order valence-corrected chi connectivity index (χ4v) is 5.01. The van der Waals surface area contributed by atoms with E-state index in [0.717, 1.165) is 0 Å². The van der Waals surface area contributed by atoms with E-state index < -0.39 is 15.1 Å². The van der Waals surface area contributed by atoms with Crippen LogP contribution in [0.15, 0.2) is 59.5 Å². The highest BCUT2D eigenvalue weighted by Crippen LogP contribution is 2.24. The van der Waals surface area contributed by atoms with Gasteiger partial charge in [0.2, 0.25) is 5.91 Å². The van der Waals surface area contributed by atoms with E-state index in [1.165, 1.54) is 11.1 Å². The van der Waals surface area contributed by atoms with Gasteiger partial charge in [-0.1, -0.05) is 42.5 Å². The fourth-order valence-electron chi connectivity index (χ4n) is 3.30. The van der Waals surface area contributed by atoms with E-state index in [9.17, 15) is 13.2 Å². The number of nitrogens with zero attached hydrogens (tertiary/aromatic N) is 1. The van der Waals surface area contributed by atoms with Gasteiger partial charge in [-0.3, -0.25) is 4.79 Å². The summed E-state index contributed by atoms with van der Waals surface area (Å²) in [5.41, 5.74) is 2.35. The van der Waals surface area contributed by atoms with Crippen LogP contribution >= 0.6 is 0 Å². The number of likely N-dealkylation sites (tertiary alicyclic amines) is 1. The molecular weight excluding hydrogens is 334 g/mol. The first-order valence-corrected chi connectivity index (χ1v) is 10.1. The van der Waals surface area contributed by atoms with Gasteiger partial charge in [-0.25, -0.2) is 8.42 Å². The molecule has 0 bridgehead atoms. The van der Waals surface area contributed by atoms with Gasteiger partial charge in [0.05, 0.1) is 10.1 Å². The molecular formula is C20H23NO3S. The summed E-state index contributed by atoms with van der Waals surface area (Å²) in [4.78, 5) is 14.5. The van der Waals surface area contributed by atoms with Gasteiger partial charge in [0.1, 0.15) is 0 Å². The van der Waals surface area contributed by atoms with Crippen molar-refractivity contribution in [3.63, 3.8) is 0 Å². The number of carbonyl (C=O) groups is 1. The topological polar surface area (TPSA) is 54.5 Å². The maximum atomic E-state index is 12.7. The van der Waals surface area contributed by atoms with Crippen LogP contribution in [0.4, 0.5) is 0 Å². The van der Waals surface area contributed by atoms with E-state index in [0.29, 0.717) is 37.2 Å². The Balaban J connectivity index is 1.61. The van der Waals surface area contributed by atoms with Crippen molar-refractivity contribution in [3.05, 3.63) is 65.7 Å². The summed E-state index contributed by atoms with van der Waals surface area (Å²) in [5, 5.41) is -0.502. The molecule has 4 nitrogen and oxygen atoms in total. The highest BCUT2D eigenvalue weighted by molar-refractivity contribution is 7.92. The largest absolute Gasteiger partial charge is 0.341 e. The first-order valence-electron chi connectivity index (χ1n) is 8.59. The van der Waals surface area contributed by atoms with Gasteiger partial charge in [-0.2, -0.15) is 0 Å². The van der Waals surface area contributed by atoms with Crippen LogP contribution in [0.1, 0.15) is 24.0 Å². The molecule has 1 unspecified atom stereocenters. The van der Waals surface area contributed by atoms with Gasteiger partial charge < -0.3 is 4.90 Å². The van der Waals surface area contributed by atoms with Gasteiger partial charge in [-0.15, -0.1) is 0 Å². The van der Waals surface area contributed by atoms with Crippen molar-refractivity contribution in [2.45, 2.75) is 36.3 Å². The van der Waals surface area contributed by atoms with Gasteiger partial charge in [0.25, 0.3) is 0 Å². The number of rotatable bonds is 5. The number of carbonyl (C=O) groups excluding carboxylic acids is 1. The third-order valence-electron chi connectivity index (χ3n) is 4.88. The molecule has 1 heterocycles. The molecule has 25 heavy (non-hydrogen) atoms. The molecule has 3 rings (SSSR count). The van der Waals surface area contributed by atoms with Crippen LogP contribution < -0.4 is 0 Å². The number of hydrogen-bond acceptors (Lipinski definition) is 3. The average Bonchev–Trinajstić information content (AvgIpc) is 3.12. The molecule has 0 aromatic heterocycles. The number of amides is 1. The van der Waals surface area contributed by atoms with E-state index >= 15 is 0 Å². The zero-order valence-electron chi connectivity index (χ0n) is 14.4. The summed E-state index contributed by atoms with van der Waals surface area (Å²) < 4.78 is 25.4. The van der Waals surface area contributed by atoms with Crippen LogP contribution in [-0.2, 0) is 21.1 Å². The maximum absolute atomic E-state index is 12.7. The van der Waals surface area contributed by atoms with Crippen molar-refractivity contribution in [1.82, 2.24) is 4.90 Å². The third kappa shape index (κ3) is 3.93. The normalized spacial score (nSPS) is 17.6. The average molecular weight is 357 g/mol. The summed E-state index contributed by atoms with van der Waals surface area (Å²) >= 11 is 0. The van der Waals surface area contributed by atoms with Crippen LogP contribution in [0, 0.1) is 6.92 Å². The highest BCUT2D eigenvalue weighted by atomic mass is 32.2. The fraction of sp³-hybridized carbons (Fsp3) is 0.350. The Hall–Kier alpha value is -2.14. The first-order chi connectivity index (χ1) is 12.0. The zero-order valence-corrected chi connectivity index (χ0v) is 15.2. The summed E-state index contributed by atoms with van der Waals surface area (Å²) in [6, 6.07) is 16.5. The lowest BCUT2D eigenvalue weighted by Gasteiger charge is -2.17. The van der Waals surface area contributed by atoms with Gasteiger partial charge in [-0.05, 0) is 43.0 Å². The van der Waals surface area contributed by atoms with Crippen molar-refractivity contribution in [2.24, 2.45) is 0 Å². The van der Waals surface area contributed by atoms with E-state index in [-0.39, 0.29) is 5.91 Å². The molecule has 1 fully saturated rings. The Morgan fingerprint density at radius 1 is 1.08 bits per heavy atom. The Morgan fingerprint density at radius 3 is 2.48 bits per heavy atom. The Bertz CT molecular complexity index is 846. The minimum Gasteiger partial charge on any atom is -0.341 e. The predicted octanol–water partition coefficient (Wildman–Crippen LogP) is 3.00. The Kier molecular flexibility index (Phi) is 5.23. The molecule has 0 radical (unpaired) electrons. The van der Waals surface area contributed by atoms with Crippen LogP contribution in [0.5, 0.6) is 0 Å². The molecule has 0 N–H and O–H groups in total. The predicted molar refractivity (Wildman–Crippen MR) is 98.1 cm³/mol. The number of aryl methyl sites for hydroxylation is 2. The smallest absolute Gasteiger partial charge is 0.222 e. The van der Waals surface area contributed by atoms with E-state index in [1.54, 1.807) is 35.2 Å². The van der Waals surface area contributed by atoms with Gasteiger partial charge >= 0.3 is 0 Å². The summed E-state index contributed by atoms with van der Waals surface area (Å²) in [5.74, 6) is 0.0361. The molecule has 0 spiro atoms. The molecule has 1 atom stereocenters. The van der Waals surface area contributed by atoms with Crippen LogP contribution in [0.2, 0.25) is 0 Å². The summed E-state index contributed by atoms with van der Waals surface area (Å²) in [7, 11) is -3.37. The second-order valence-corrected chi connectivity index (χ2v) is 8.76. The maximum Gasteiger partial charge on any atom is 0.222 e. The molecule has 5 heteroatoms. The van der Waals surface area contributed by atoms with E-state index in [1.807, 2.05) is 31.2 Å². The summed E-state index contributed by atoms with van der Waals surface area (Å²) in [6.45, 7) is 2.85. The lowest BCUT2D eigenvalue weighted by atomic mass is 10.0. The van der Waals surface area contributed by atoms with Crippen molar-refractivity contribution in [1.29, 1.82) is 0 Å². The lowest BCUT2D eigenvalue weighted by molar-refractivity contribution is -0.130. The molecule has 0 aliphatic carbocycles. The second kappa shape index (κ2) is 7.40. The Labute approximate surface area is 149 Å². The van der Waals surface area contributed by atoms with E-state index in [4.69, 9.17) is 0 Å². The standard InChI is InChI=1S/C20H23NO3S/c1-16-7-5-6-8-17(16)11-12-20(22)21-14-13-19(15-21)25(23,24)18-9-3-2-4-10-18/h2-10,19H,11-15H2,1H3. The number of hydrogen-bond donors (Lipinski definition) is 0. The van der Waals surface area contributed by atoms with Crippen LogP contribution in [0.25, 0.3) is 0 Å². The zero-order chi connectivity index (χ0) is 17.9. The quantitative estimate of drug-likeness (QED) is 0.827. The van der Waals surface area contributed by atoms with Gasteiger partial charge in [0, 0.05) is 19.5 Å². The minimum absolute atomic E-state index is 0.0361. The summed E-state index contributed by atoms with van der Waals surface area (Å²) in [6.07, 6.45) is 1.62. The first kappa shape index (κ1) is 17.7. The van der Waals surface area contributed by atoms with Gasteiger partial charge in [0.15, 0.2) is 9.84 Å².